The van der Waals surface area contributed by atoms with Crippen LogP contribution in [0, 0.1) is 0 Å². The monoisotopic (exact) mass is 443 g/mol. The summed E-state index contributed by atoms with van der Waals surface area (Å²) in [5.74, 6) is -0.702. The van der Waals surface area contributed by atoms with Crippen LogP contribution >= 0.6 is 0 Å². The first-order chi connectivity index (χ1) is 15.0. The van der Waals surface area contributed by atoms with E-state index in [1.54, 1.807) is 33.0 Å². The molecule has 2 aromatic rings. The molecule has 0 aliphatic carbocycles. The van der Waals surface area contributed by atoms with Crippen molar-refractivity contribution in [2.24, 2.45) is 0 Å². The molecule has 172 valence electrons. The maximum Gasteiger partial charge on any atom is 0.408 e. The number of aromatic nitrogens is 1. The van der Waals surface area contributed by atoms with E-state index in [1.165, 1.54) is 11.0 Å². The number of halogens is 1. The van der Waals surface area contributed by atoms with E-state index in [0.29, 0.717) is 13.0 Å². The van der Waals surface area contributed by atoms with Crippen LogP contribution in [0.25, 0.3) is 11.1 Å². The number of hydrogen-bond acceptors (Lipinski definition) is 4. The normalized spacial score (nSPS) is 18.2. The fourth-order valence-corrected chi connectivity index (χ4v) is 3.71. The number of H-pyrrole nitrogens is 1. The van der Waals surface area contributed by atoms with Gasteiger partial charge in [-0.1, -0.05) is 31.2 Å². The summed E-state index contributed by atoms with van der Waals surface area (Å²) in [7, 11) is 0. The van der Waals surface area contributed by atoms with Crippen LogP contribution in [0.5, 0.6) is 0 Å². The lowest BCUT2D eigenvalue weighted by Crippen LogP contribution is -2.51. The first-order valence-corrected chi connectivity index (χ1v) is 10.7. The number of carbonyl (C=O) groups excluding carboxylic acids is 2. The fourth-order valence-electron chi connectivity index (χ4n) is 3.71. The van der Waals surface area contributed by atoms with E-state index in [0.717, 1.165) is 16.7 Å². The summed E-state index contributed by atoms with van der Waals surface area (Å²) in [5, 5.41) is 2.70. The van der Waals surface area contributed by atoms with Crippen molar-refractivity contribution in [1.82, 2.24) is 15.2 Å². The van der Waals surface area contributed by atoms with Crippen LogP contribution in [-0.2, 0) is 9.53 Å². The van der Waals surface area contributed by atoms with Gasteiger partial charge in [0, 0.05) is 24.7 Å². The van der Waals surface area contributed by atoms with Crippen LogP contribution in [0.1, 0.15) is 45.6 Å². The third-order valence-electron chi connectivity index (χ3n) is 5.43. The van der Waals surface area contributed by atoms with Crippen LogP contribution in [-0.4, -0.2) is 52.8 Å². The maximum absolute atomic E-state index is 13.7. The highest BCUT2D eigenvalue weighted by molar-refractivity contribution is 5.87. The van der Waals surface area contributed by atoms with Crippen molar-refractivity contribution in [3.8, 4) is 11.1 Å². The number of amides is 2. The third-order valence-corrected chi connectivity index (χ3v) is 5.43. The third kappa shape index (κ3) is 5.96. The molecule has 2 heterocycles. The Morgan fingerprint density at radius 2 is 1.81 bits per heavy atom. The molecule has 0 unspecified atom stereocenters. The Hall–Kier alpha value is -3.16. The Morgan fingerprint density at radius 1 is 1.16 bits per heavy atom. The van der Waals surface area contributed by atoms with E-state index in [1.807, 2.05) is 31.2 Å². The van der Waals surface area contributed by atoms with Gasteiger partial charge < -0.3 is 19.9 Å². The van der Waals surface area contributed by atoms with Gasteiger partial charge in [0.2, 0.25) is 11.5 Å². The highest BCUT2D eigenvalue weighted by Gasteiger charge is 2.36. The number of nitrogens with zero attached hydrogens (tertiary/aromatic N) is 1. The molecule has 2 amide bonds. The average molecular weight is 444 g/mol. The first kappa shape index (κ1) is 23.5. The predicted octanol–water partition coefficient (Wildman–Crippen LogP) is 3.61. The summed E-state index contributed by atoms with van der Waals surface area (Å²) in [6, 6.07) is 9.83. The van der Waals surface area contributed by atoms with Gasteiger partial charge in [0.05, 0.1) is 6.54 Å². The second kappa shape index (κ2) is 9.54. The first-order valence-electron chi connectivity index (χ1n) is 10.7. The van der Waals surface area contributed by atoms with Gasteiger partial charge in [-0.05, 0) is 49.9 Å². The van der Waals surface area contributed by atoms with Crippen LogP contribution in [0.3, 0.4) is 0 Å². The van der Waals surface area contributed by atoms with Crippen LogP contribution in [0.4, 0.5) is 9.18 Å². The zero-order valence-electron chi connectivity index (χ0n) is 18.9. The second-order valence-corrected chi connectivity index (χ2v) is 9.15. The van der Waals surface area contributed by atoms with Gasteiger partial charge in [-0.2, -0.15) is 0 Å². The number of aromatic amines is 1. The molecule has 2 N–H and O–H groups in total. The zero-order valence-corrected chi connectivity index (χ0v) is 18.9. The van der Waals surface area contributed by atoms with E-state index in [-0.39, 0.29) is 23.9 Å². The van der Waals surface area contributed by atoms with Gasteiger partial charge >= 0.3 is 6.09 Å². The highest BCUT2D eigenvalue weighted by atomic mass is 19.1. The molecule has 1 saturated heterocycles. The number of nitrogens with one attached hydrogen (secondary N) is 2. The number of carbonyl (C=O) groups is 2. The van der Waals surface area contributed by atoms with Gasteiger partial charge in [0.25, 0.3) is 0 Å². The van der Waals surface area contributed by atoms with Crippen molar-refractivity contribution in [1.29, 1.82) is 0 Å². The number of alkyl halides is 1. The van der Waals surface area contributed by atoms with Gasteiger partial charge in [-0.3, -0.25) is 9.59 Å². The van der Waals surface area contributed by atoms with Crippen molar-refractivity contribution in [3.05, 3.63) is 58.5 Å². The molecule has 0 saturated carbocycles. The topological polar surface area (TPSA) is 91.5 Å². The van der Waals surface area contributed by atoms with E-state index in [4.69, 9.17) is 4.74 Å². The summed E-state index contributed by atoms with van der Waals surface area (Å²) < 4.78 is 19.1. The molecule has 0 radical (unpaired) electrons. The van der Waals surface area contributed by atoms with Gasteiger partial charge in [-0.15, -0.1) is 0 Å². The van der Waals surface area contributed by atoms with Crippen LogP contribution in [0.15, 0.2) is 47.4 Å². The number of rotatable bonds is 5. The molecular weight excluding hydrogens is 413 g/mol. The smallest absolute Gasteiger partial charge is 0.408 e. The summed E-state index contributed by atoms with van der Waals surface area (Å²) in [5.41, 5.74) is 1.71. The van der Waals surface area contributed by atoms with Crippen LogP contribution < -0.4 is 10.9 Å². The number of hydrogen-bond donors (Lipinski definition) is 2. The van der Waals surface area contributed by atoms with Gasteiger partial charge in [0.1, 0.15) is 17.8 Å². The molecule has 7 nitrogen and oxygen atoms in total. The summed E-state index contributed by atoms with van der Waals surface area (Å²) in [6.45, 7) is 7.44. The largest absolute Gasteiger partial charge is 0.444 e. The Balaban J connectivity index is 1.82. The van der Waals surface area contributed by atoms with Gasteiger partial charge in [-0.25, -0.2) is 9.18 Å². The van der Waals surface area contributed by atoms with E-state index >= 15 is 0 Å². The molecular formula is C24H30FN3O4. The molecule has 32 heavy (non-hydrogen) atoms. The summed E-state index contributed by atoms with van der Waals surface area (Å²) >= 11 is 0. The van der Waals surface area contributed by atoms with Crippen molar-refractivity contribution in [2.45, 2.75) is 57.8 Å². The standard InChI is InChI=1S/C24H30FN3O4/c1-15(16-5-7-17(8-6-16)18-9-10-20(29)26-13-18)21(27-23(31)32-24(2,3)4)22(30)28-12-11-19(25)14-28/h5-10,13,15,19,21H,11-12,14H2,1-4H3,(H,26,29)(H,27,31)/t15-,19-,21-/m0/s1. The average Bonchev–Trinajstić information content (AvgIpc) is 3.17. The highest BCUT2D eigenvalue weighted by Crippen LogP contribution is 2.26. The fraction of sp³-hybridized carbons (Fsp3) is 0.458. The van der Waals surface area contributed by atoms with E-state index in [2.05, 4.69) is 10.3 Å². The molecule has 1 aromatic heterocycles. The minimum absolute atomic E-state index is 0.0310. The molecule has 0 bridgehead atoms. The number of ether oxygens (including phenoxy) is 1. The quantitative estimate of drug-likeness (QED) is 0.739. The summed E-state index contributed by atoms with van der Waals surface area (Å²) in [6.07, 6.45) is 0.196. The van der Waals surface area contributed by atoms with E-state index in [9.17, 15) is 18.8 Å². The van der Waals surface area contributed by atoms with Crippen molar-refractivity contribution in [2.75, 3.05) is 13.1 Å². The predicted molar refractivity (Wildman–Crippen MR) is 120 cm³/mol. The van der Waals surface area contributed by atoms with Crippen molar-refractivity contribution >= 4 is 12.0 Å². The second-order valence-electron chi connectivity index (χ2n) is 9.15. The number of pyridine rings is 1. The zero-order chi connectivity index (χ0) is 23.5. The van der Waals surface area contributed by atoms with Crippen LogP contribution in [0.2, 0.25) is 0 Å². The van der Waals surface area contributed by atoms with Gasteiger partial charge in [0.15, 0.2) is 0 Å². The Labute approximate surface area is 187 Å². The van der Waals surface area contributed by atoms with Crippen molar-refractivity contribution in [3.63, 3.8) is 0 Å². The number of benzene rings is 1. The molecule has 1 aromatic carbocycles. The number of alkyl carbamates (subject to hydrolysis) is 1. The van der Waals surface area contributed by atoms with Crippen molar-refractivity contribution < 1.29 is 18.7 Å². The Kier molecular flexibility index (Phi) is 7.01. The SMILES string of the molecule is C[C@@H](c1ccc(-c2ccc(=O)[nH]c2)cc1)[C@H](NC(=O)OC(C)(C)C)C(=O)N1CC[C@H](F)C1. The maximum atomic E-state index is 13.7. The van der Waals surface area contributed by atoms with E-state index < -0.39 is 23.9 Å². The summed E-state index contributed by atoms with van der Waals surface area (Å²) in [4.78, 5) is 41.0. The lowest BCUT2D eigenvalue weighted by atomic mass is 9.91. The number of likely N-dealkylation sites (tertiary alicyclic amines) is 1. The molecule has 8 heteroatoms. The lowest BCUT2D eigenvalue weighted by molar-refractivity contribution is -0.133. The molecule has 1 aliphatic heterocycles. The molecule has 3 rings (SSSR count). The molecule has 0 spiro atoms. The minimum atomic E-state index is -1.05. The molecule has 3 atom stereocenters. The lowest BCUT2D eigenvalue weighted by Gasteiger charge is -2.30. The Bertz CT molecular complexity index is 993. The molecule has 1 fully saturated rings. The Morgan fingerprint density at radius 3 is 2.34 bits per heavy atom. The molecule has 1 aliphatic rings. The minimum Gasteiger partial charge on any atom is -0.444 e.